The van der Waals surface area contributed by atoms with Gasteiger partial charge in [-0.2, -0.15) is 0 Å². The van der Waals surface area contributed by atoms with Crippen molar-refractivity contribution >= 4 is 23.0 Å². The lowest BCUT2D eigenvalue weighted by molar-refractivity contribution is -0.135. The molecule has 2 N–H and O–H groups in total. The Bertz CT molecular complexity index is 402. The lowest BCUT2D eigenvalue weighted by Gasteiger charge is -2.06. The lowest BCUT2D eigenvalue weighted by Crippen LogP contribution is -2.16. The number of aliphatic hydroxyl groups excluding tert-OH is 1. The van der Waals surface area contributed by atoms with Crippen LogP contribution in [0.3, 0.4) is 0 Å². The Morgan fingerprint density at radius 1 is 1.60 bits per heavy atom. The second-order valence-electron chi connectivity index (χ2n) is 2.80. The molecule has 1 aromatic rings. The van der Waals surface area contributed by atoms with Crippen LogP contribution in [0.4, 0.5) is 0 Å². The lowest BCUT2D eigenvalue weighted by atomic mass is 10.1. The summed E-state index contributed by atoms with van der Waals surface area (Å²) in [6, 6.07) is 3.48. The Labute approximate surface area is 91.3 Å². The molecule has 80 valence electrons. The molecule has 0 aromatic carbocycles. The second kappa shape index (κ2) is 4.75. The van der Waals surface area contributed by atoms with Crippen LogP contribution in [0, 0.1) is 5.41 Å². The molecule has 5 heteroatoms. The number of rotatable bonds is 3. The van der Waals surface area contributed by atoms with Crippen LogP contribution in [0.1, 0.15) is 11.8 Å². The fraction of sp³-hybridized carbons (Fsp3) is 0.200. The van der Waals surface area contributed by atoms with Crippen LogP contribution in [0.2, 0.25) is 0 Å². The van der Waals surface area contributed by atoms with Crippen molar-refractivity contribution in [2.75, 3.05) is 7.11 Å². The highest BCUT2D eigenvalue weighted by Gasteiger charge is 2.20. The van der Waals surface area contributed by atoms with Crippen LogP contribution < -0.4 is 0 Å². The van der Waals surface area contributed by atoms with Crippen molar-refractivity contribution in [1.29, 1.82) is 5.41 Å². The number of methoxy groups -OCH3 is 1. The van der Waals surface area contributed by atoms with E-state index in [0.29, 0.717) is 4.88 Å². The molecule has 0 unspecified atom stereocenters. The van der Waals surface area contributed by atoms with Gasteiger partial charge in [0.1, 0.15) is 11.3 Å². The molecule has 0 amide bonds. The molecule has 1 aromatic heterocycles. The predicted octanol–water partition coefficient (Wildman–Crippen LogP) is 2.12. The van der Waals surface area contributed by atoms with Gasteiger partial charge in [-0.15, -0.1) is 11.3 Å². The molecule has 0 saturated carbocycles. The summed E-state index contributed by atoms with van der Waals surface area (Å²) in [7, 11) is 1.22. The summed E-state index contributed by atoms with van der Waals surface area (Å²) in [6.45, 7) is 1.36. The SMILES string of the molecule is COC(=O)/C(C(=N)c1cccs1)=C(/C)O. The van der Waals surface area contributed by atoms with Gasteiger partial charge in [0.15, 0.2) is 0 Å². The Hall–Kier alpha value is -1.62. The van der Waals surface area contributed by atoms with E-state index in [4.69, 9.17) is 5.41 Å². The van der Waals surface area contributed by atoms with E-state index in [1.807, 2.05) is 0 Å². The second-order valence-corrected chi connectivity index (χ2v) is 3.75. The van der Waals surface area contributed by atoms with Crippen molar-refractivity contribution in [2.24, 2.45) is 0 Å². The summed E-state index contributed by atoms with van der Waals surface area (Å²) >= 11 is 1.33. The number of thiophene rings is 1. The van der Waals surface area contributed by atoms with Crippen LogP contribution in [-0.4, -0.2) is 23.9 Å². The zero-order valence-corrected chi connectivity index (χ0v) is 9.22. The number of ether oxygens (including phenoxy) is 1. The third-order valence-electron chi connectivity index (χ3n) is 1.77. The van der Waals surface area contributed by atoms with Crippen molar-refractivity contribution in [2.45, 2.75) is 6.92 Å². The van der Waals surface area contributed by atoms with Gasteiger partial charge in [-0.1, -0.05) is 6.07 Å². The maximum atomic E-state index is 11.3. The molecule has 0 aliphatic heterocycles. The van der Waals surface area contributed by atoms with Crippen LogP contribution in [-0.2, 0) is 9.53 Å². The normalized spacial score (nSPS) is 11.9. The van der Waals surface area contributed by atoms with E-state index < -0.39 is 5.97 Å². The summed E-state index contributed by atoms with van der Waals surface area (Å²) < 4.78 is 4.50. The number of nitrogens with one attached hydrogen (secondary N) is 1. The minimum Gasteiger partial charge on any atom is -0.512 e. The largest absolute Gasteiger partial charge is 0.512 e. The number of allylic oxidation sites excluding steroid dienone is 1. The number of carbonyl (C=O) groups is 1. The van der Waals surface area contributed by atoms with Gasteiger partial charge >= 0.3 is 5.97 Å². The zero-order chi connectivity index (χ0) is 11.4. The molecule has 1 heterocycles. The summed E-state index contributed by atoms with van der Waals surface area (Å²) in [4.78, 5) is 11.9. The van der Waals surface area contributed by atoms with Gasteiger partial charge in [0.2, 0.25) is 0 Å². The van der Waals surface area contributed by atoms with E-state index in [1.165, 1.54) is 25.4 Å². The molecule has 0 radical (unpaired) electrons. The van der Waals surface area contributed by atoms with Gasteiger partial charge in [0.05, 0.1) is 17.7 Å². The number of hydrogen-bond donors (Lipinski definition) is 2. The molecule has 0 atom stereocenters. The number of aliphatic hydroxyl groups is 1. The van der Waals surface area contributed by atoms with Gasteiger partial charge in [-0.25, -0.2) is 4.79 Å². The number of carbonyl (C=O) groups excluding carboxylic acids is 1. The minimum atomic E-state index is -0.701. The standard InChI is InChI=1S/C10H11NO3S/c1-6(12)8(10(13)14-2)9(11)7-4-3-5-15-7/h3-5,11-12H,1-2H3/b8-6-,11-9?. The topological polar surface area (TPSA) is 70.4 Å². The first kappa shape index (κ1) is 11.5. The van der Waals surface area contributed by atoms with Crippen molar-refractivity contribution in [1.82, 2.24) is 0 Å². The van der Waals surface area contributed by atoms with Crippen LogP contribution >= 0.6 is 11.3 Å². The van der Waals surface area contributed by atoms with Gasteiger partial charge in [0, 0.05) is 0 Å². The van der Waals surface area contributed by atoms with Gasteiger partial charge in [-0.3, -0.25) is 5.41 Å². The molecular weight excluding hydrogens is 214 g/mol. The van der Waals surface area contributed by atoms with Crippen LogP contribution in [0.5, 0.6) is 0 Å². The molecule has 4 nitrogen and oxygen atoms in total. The fourth-order valence-corrected chi connectivity index (χ4v) is 1.76. The van der Waals surface area contributed by atoms with Crippen molar-refractivity contribution in [3.63, 3.8) is 0 Å². The maximum absolute atomic E-state index is 11.3. The molecule has 0 bridgehead atoms. The van der Waals surface area contributed by atoms with E-state index >= 15 is 0 Å². The first-order chi connectivity index (χ1) is 7.07. The Balaban J connectivity index is 3.09. The third-order valence-corrected chi connectivity index (χ3v) is 2.66. The summed E-state index contributed by atoms with van der Waals surface area (Å²) in [5, 5.41) is 18.9. The van der Waals surface area contributed by atoms with Gasteiger partial charge in [-0.05, 0) is 18.4 Å². The first-order valence-electron chi connectivity index (χ1n) is 4.19. The summed E-state index contributed by atoms with van der Waals surface area (Å²) in [6.07, 6.45) is 0. The minimum absolute atomic E-state index is 0.0168. The molecule has 0 fully saturated rings. The Kier molecular flexibility index (Phi) is 3.62. The average Bonchev–Trinajstić information content (AvgIpc) is 2.69. The molecule has 0 saturated heterocycles. The molecule has 0 aliphatic carbocycles. The van der Waals surface area contributed by atoms with Gasteiger partial charge < -0.3 is 9.84 Å². The molecule has 1 rings (SSSR count). The average molecular weight is 225 g/mol. The highest BCUT2D eigenvalue weighted by atomic mass is 32.1. The predicted molar refractivity (Wildman–Crippen MR) is 58.5 cm³/mol. The molecule has 15 heavy (non-hydrogen) atoms. The summed E-state index contributed by atoms with van der Waals surface area (Å²) in [5.74, 6) is -0.909. The van der Waals surface area contributed by atoms with Crippen molar-refractivity contribution < 1.29 is 14.6 Å². The molecular formula is C10H11NO3S. The monoisotopic (exact) mass is 225 g/mol. The molecule has 0 spiro atoms. The van der Waals surface area contributed by atoms with E-state index in [0.717, 1.165) is 0 Å². The van der Waals surface area contributed by atoms with Gasteiger partial charge in [0.25, 0.3) is 0 Å². The van der Waals surface area contributed by atoms with E-state index in [-0.39, 0.29) is 17.0 Å². The smallest absolute Gasteiger partial charge is 0.343 e. The van der Waals surface area contributed by atoms with Crippen molar-refractivity contribution in [3.05, 3.63) is 33.7 Å². The fourth-order valence-electron chi connectivity index (χ4n) is 1.08. The maximum Gasteiger partial charge on any atom is 0.343 e. The van der Waals surface area contributed by atoms with Crippen LogP contribution in [0.25, 0.3) is 0 Å². The van der Waals surface area contributed by atoms with E-state index in [2.05, 4.69) is 4.74 Å². The molecule has 0 aliphatic rings. The zero-order valence-electron chi connectivity index (χ0n) is 8.40. The quantitative estimate of drug-likeness (QED) is 0.358. The van der Waals surface area contributed by atoms with E-state index in [1.54, 1.807) is 17.5 Å². The van der Waals surface area contributed by atoms with Crippen LogP contribution in [0.15, 0.2) is 28.8 Å². The number of esters is 1. The summed E-state index contributed by atoms with van der Waals surface area (Å²) in [5.41, 5.74) is -0.114. The number of hydrogen-bond acceptors (Lipinski definition) is 5. The van der Waals surface area contributed by atoms with E-state index in [9.17, 15) is 9.90 Å². The van der Waals surface area contributed by atoms with Crippen molar-refractivity contribution in [3.8, 4) is 0 Å². The Morgan fingerprint density at radius 3 is 2.67 bits per heavy atom. The third kappa shape index (κ3) is 2.44. The highest BCUT2D eigenvalue weighted by molar-refractivity contribution is 7.12. The first-order valence-corrected chi connectivity index (χ1v) is 5.06. The Morgan fingerprint density at radius 2 is 2.27 bits per heavy atom. The highest BCUT2D eigenvalue weighted by Crippen LogP contribution is 2.17.